The molecule has 4 rings (SSSR count). The summed E-state index contributed by atoms with van der Waals surface area (Å²) < 4.78 is 0. The zero-order valence-corrected chi connectivity index (χ0v) is 14.5. The van der Waals surface area contributed by atoms with Gasteiger partial charge in [-0.2, -0.15) is 21.7 Å². The van der Waals surface area contributed by atoms with Gasteiger partial charge in [0.05, 0.1) is 5.39 Å². The maximum atomic E-state index is 4.69. The van der Waals surface area contributed by atoms with E-state index in [2.05, 4.69) is 51.1 Å². The number of thioether (sulfide) groups is 1. The van der Waals surface area contributed by atoms with E-state index in [0.29, 0.717) is 12.0 Å². The fourth-order valence-corrected chi connectivity index (χ4v) is 3.36. The third-order valence-electron chi connectivity index (χ3n) is 4.38. The number of hydrogen-bond donors (Lipinski definition) is 3. The number of benzene rings is 1. The van der Waals surface area contributed by atoms with Gasteiger partial charge in [0.2, 0.25) is 5.95 Å². The third kappa shape index (κ3) is 3.19. The van der Waals surface area contributed by atoms with E-state index >= 15 is 0 Å². The van der Waals surface area contributed by atoms with Gasteiger partial charge in [-0.05, 0) is 49.3 Å². The number of anilines is 3. The Hall–Kier alpha value is -2.21. The van der Waals surface area contributed by atoms with Crippen LogP contribution in [0.3, 0.4) is 0 Å². The van der Waals surface area contributed by atoms with Gasteiger partial charge in [-0.3, -0.25) is 0 Å². The van der Waals surface area contributed by atoms with Gasteiger partial charge < -0.3 is 15.6 Å². The van der Waals surface area contributed by atoms with Crippen molar-refractivity contribution >= 4 is 40.2 Å². The summed E-state index contributed by atoms with van der Waals surface area (Å²) in [5.74, 6) is 2.55. The summed E-state index contributed by atoms with van der Waals surface area (Å²) in [5, 5.41) is 7.91. The summed E-state index contributed by atoms with van der Waals surface area (Å²) in [4.78, 5) is 12.5. The smallest absolute Gasteiger partial charge is 0.231 e. The first-order valence-corrected chi connectivity index (χ1v) is 9.68. The van der Waals surface area contributed by atoms with Crippen LogP contribution in [0.25, 0.3) is 11.0 Å². The molecule has 0 aliphatic heterocycles. The summed E-state index contributed by atoms with van der Waals surface area (Å²) in [6.07, 6.45) is 7.76. The van der Waals surface area contributed by atoms with Crippen LogP contribution in [0.2, 0.25) is 0 Å². The van der Waals surface area contributed by atoms with Crippen LogP contribution in [0.4, 0.5) is 17.5 Å². The van der Waals surface area contributed by atoms with Crippen molar-refractivity contribution in [3.63, 3.8) is 0 Å². The Bertz CT molecular complexity index is 823. The van der Waals surface area contributed by atoms with Crippen LogP contribution in [-0.4, -0.2) is 27.2 Å². The molecule has 6 heteroatoms. The van der Waals surface area contributed by atoms with Crippen molar-refractivity contribution < 1.29 is 0 Å². The van der Waals surface area contributed by atoms with Crippen molar-refractivity contribution in [2.75, 3.05) is 16.9 Å². The van der Waals surface area contributed by atoms with Gasteiger partial charge in [-0.25, -0.2) is 0 Å². The van der Waals surface area contributed by atoms with Crippen LogP contribution in [0.15, 0.2) is 36.5 Å². The standard InChI is InChI=1S/C18H21N5S/c1-24-11-12-5-7-14(8-6-12)21-18-22-16-15(9-10-19-16)17(23-18)20-13-3-2-4-13/h5-10,13H,2-4,11H2,1H3,(H3,19,20,21,22,23). The molecule has 3 N–H and O–H groups in total. The van der Waals surface area contributed by atoms with Crippen molar-refractivity contribution in [3.8, 4) is 0 Å². The van der Waals surface area contributed by atoms with E-state index in [1.54, 1.807) is 0 Å². The van der Waals surface area contributed by atoms with Crippen LogP contribution in [0, 0.1) is 0 Å². The summed E-state index contributed by atoms with van der Waals surface area (Å²) in [6, 6.07) is 11.0. The number of nitrogens with one attached hydrogen (secondary N) is 3. The molecule has 0 atom stereocenters. The van der Waals surface area contributed by atoms with E-state index in [1.807, 2.05) is 24.0 Å². The van der Waals surface area contributed by atoms with Crippen molar-refractivity contribution in [2.24, 2.45) is 0 Å². The van der Waals surface area contributed by atoms with Crippen molar-refractivity contribution in [2.45, 2.75) is 31.1 Å². The molecule has 24 heavy (non-hydrogen) atoms. The van der Waals surface area contributed by atoms with Gasteiger partial charge in [0.1, 0.15) is 11.5 Å². The molecular formula is C18H21N5S. The normalized spacial score (nSPS) is 14.5. The fourth-order valence-electron chi connectivity index (χ4n) is 2.83. The molecule has 124 valence electrons. The van der Waals surface area contributed by atoms with Crippen LogP contribution in [-0.2, 0) is 5.75 Å². The maximum absolute atomic E-state index is 4.69. The summed E-state index contributed by atoms with van der Waals surface area (Å²) in [7, 11) is 0. The largest absolute Gasteiger partial charge is 0.367 e. The van der Waals surface area contributed by atoms with Gasteiger partial charge in [0.25, 0.3) is 0 Å². The molecule has 1 aliphatic carbocycles. The molecule has 1 aliphatic rings. The highest BCUT2D eigenvalue weighted by molar-refractivity contribution is 7.97. The molecule has 0 amide bonds. The molecule has 0 unspecified atom stereocenters. The molecule has 3 aromatic rings. The van der Waals surface area contributed by atoms with Gasteiger partial charge in [-0.1, -0.05) is 12.1 Å². The van der Waals surface area contributed by atoms with E-state index in [9.17, 15) is 0 Å². The summed E-state index contributed by atoms with van der Waals surface area (Å²) >= 11 is 1.82. The topological polar surface area (TPSA) is 65.6 Å². The van der Waals surface area contributed by atoms with Crippen LogP contribution >= 0.6 is 11.8 Å². The first kappa shape index (κ1) is 15.3. The summed E-state index contributed by atoms with van der Waals surface area (Å²) in [6.45, 7) is 0. The quantitative estimate of drug-likeness (QED) is 0.616. The van der Waals surface area contributed by atoms with Gasteiger partial charge in [0.15, 0.2) is 0 Å². The van der Waals surface area contributed by atoms with Gasteiger partial charge in [-0.15, -0.1) is 0 Å². The van der Waals surface area contributed by atoms with E-state index < -0.39 is 0 Å². The Morgan fingerprint density at radius 2 is 2.00 bits per heavy atom. The van der Waals surface area contributed by atoms with Crippen LogP contribution in [0.1, 0.15) is 24.8 Å². The molecule has 0 spiro atoms. The predicted molar refractivity (Wildman–Crippen MR) is 102 cm³/mol. The maximum Gasteiger partial charge on any atom is 0.231 e. The van der Waals surface area contributed by atoms with Crippen molar-refractivity contribution in [1.82, 2.24) is 15.0 Å². The number of H-pyrrole nitrogens is 1. The monoisotopic (exact) mass is 339 g/mol. The Morgan fingerprint density at radius 1 is 1.17 bits per heavy atom. The van der Waals surface area contributed by atoms with Crippen LogP contribution < -0.4 is 10.6 Å². The summed E-state index contributed by atoms with van der Waals surface area (Å²) in [5.41, 5.74) is 3.18. The highest BCUT2D eigenvalue weighted by atomic mass is 32.2. The number of aromatic amines is 1. The lowest BCUT2D eigenvalue weighted by Crippen LogP contribution is -2.27. The number of rotatable bonds is 6. The third-order valence-corrected chi connectivity index (χ3v) is 5.00. The number of fused-ring (bicyclic) bond motifs is 1. The van der Waals surface area contributed by atoms with Crippen LogP contribution in [0.5, 0.6) is 0 Å². The molecule has 1 aromatic carbocycles. The molecule has 1 saturated carbocycles. The molecule has 0 saturated heterocycles. The Morgan fingerprint density at radius 3 is 2.71 bits per heavy atom. The van der Waals surface area contributed by atoms with E-state index in [0.717, 1.165) is 28.3 Å². The van der Waals surface area contributed by atoms with Crippen molar-refractivity contribution in [1.29, 1.82) is 0 Å². The average molecular weight is 339 g/mol. The zero-order valence-electron chi connectivity index (χ0n) is 13.7. The van der Waals surface area contributed by atoms with Gasteiger partial charge in [0, 0.05) is 23.7 Å². The predicted octanol–water partition coefficient (Wildman–Crippen LogP) is 4.53. The second-order valence-corrected chi connectivity index (χ2v) is 7.03. The lowest BCUT2D eigenvalue weighted by molar-refractivity contribution is 0.445. The molecular weight excluding hydrogens is 318 g/mol. The molecule has 2 aromatic heterocycles. The first-order valence-electron chi connectivity index (χ1n) is 8.28. The molecule has 1 fully saturated rings. The van der Waals surface area contributed by atoms with E-state index in [-0.39, 0.29) is 0 Å². The zero-order chi connectivity index (χ0) is 16.4. The molecule has 2 heterocycles. The minimum Gasteiger partial charge on any atom is -0.367 e. The SMILES string of the molecule is CSCc1ccc(Nc2nc(NC3CCC3)c3cc[nH]c3n2)cc1. The van der Waals surface area contributed by atoms with Crippen molar-refractivity contribution in [3.05, 3.63) is 42.1 Å². The minimum absolute atomic E-state index is 0.539. The minimum atomic E-state index is 0.539. The number of aromatic nitrogens is 3. The molecule has 0 radical (unpaired) electrons. The first-order chi connectivity index (χ1) is 11.8. The van der Waals surface area contributed by atoms with E-state index in [4.69, 9.17) is 4.98 Å². The highest BCUT2D eigenvalue weighted by Gasteiger charge is 2.19. The lowest BCUT2D eigenvalue weighted by atomic mass is 9.93. The van der Waals surface area contributed by atoms with Gasteiger partial charge >= 0.3 is 0 Å². The molecule has 0 bridgehead atoms. The second-order valence-electron chi connectivity index (χ2n) is 6.16. The Balaban J connectivity index is 1.58. The fraction of sp³-hybridized carbons (Fsp3) is 0.333. The lowest BCUT2D eigenvalue weighted by Gasteiger charge is -2.27. The Labute approximate surface area is 145 Å². The second kappa shape index (κ2) is 6.73. The number of hydrogen-bond acceptors (Lipinski definition) is 5. The number of nitrogens with zero attached hydrogens (tertiary/aromatic N) is 2. The van der Waals surface area contributed by atoms with E-state index in [1.165, 1.54) is 24.8 Å². The molecule has 5 nitrogen and oxygen atoms in total. The average Bonchev–Trinajstić information content (AvgIpc) is 3.01. The highest BCUT2D eigenvalue weighted by Crippen LogP contribution is 2.28. The Kier molecular flexibility index (Phi) is 4.30.